The highest BCUT2D eigenvalue weighted by Gasteiger charge is 2.40. The van der Waals surface area contributed by atoms with Gasteiger partial charge < -0.3 is 10.2 Å². The van der Waals surface area contributed by atoms with Crippen molar-refractivity contribution in [1.29, 1.82) is 0 Å². The maximum Gasteiger partial charge on any atom is 0.265 e. The summed E-state index contributed by atoms with van der Waals surface area (Å²) >= 11 is 6.07. The normalized spacial score (nSPS) is 17.3. The first kappa shape index (κ1) is 32.2. The molecule has 1 fully saturated rings. The van der Waals surface area contributed by atoms with E-state index in [0.29, 0.717) is 18.1 Å². The van der Waals surface area contributed by atoms with Crippen LogP contribution in [0.4, 0.5) is 4.39 Å². The molecule has 8 nitrogen and oxygen atoms in total. The lowest BCUT2D eigenvalue weighted by Crippen LogP contribution is -2.55. The quantitative estimate of drug-likeness (QED) is 0.348. The van der Waals surface area contributed by atoms with E-state index in [1.807, 2.05) is 42.8 Å². The van der Waals surface area contributed by atoms with E-state index in [1.54, 1.807) is 4.90 Å². The van der Waals surface area contributed by atoms with Crippen molar-refractivity contribution in [3.63, 3.8) is 0 Å². The molecule has 2 atom stereocenters. The molecule has 0 unspecified atom stereocenters. The van der Waals surface area contributed by atoms with E-state index in [2.05, 4.69) is 19.2 Å². The Morgan fingerprint density at radius 3 is 2.19 bits per heavy atom. The van der Waals surface area contributed by atoms with Crippen LogP contribution in [0.2, 0.25) is 5.02 Å². The second kappa shape index (κ2) is 12.9. The minimum atomic E-state index is -4.35. The monoisotopic (exact) mass is 627 g/mol. The molecule has 228 valence electrons. The number of sulfonamides is 1. The lowest BCUT2D eigenvalue weighted by molar-refractivity contribution is -0.137. The molecular weight excluding hydrogens is 593 g/mol. The second-order valence-corrected chi connectivity index (χ2v) is 13.9. The zero-order chi connectivity index (χ0) is 31.5. The highest BCUT2D eigenvalue weighted by atomic mass is 35.5. The molecule has 3 aromatic carbocycles. The Labute approximate surface area is 256 Å². The molecule has 1 aliphatic heterocycles. The van der Waals surface area contributed by atoms with E-state index in [9.17, 15) is 27.2 Å². The number of amides is 3. The van der Waals surface area contributed by atoms with Gasteiger partial charge in [0.2, 0.25) is 5.91 Å². The predicted molar refractivity (Wildman–Crippen MR) is 163 cm³/mol. The number of hydrogen-bond donors (Lipinski definition) is 2. The zero-order valence-corrected chi connectivity index (χ0v) is 26.0. The number of halogens is 2. The molecule has 1 aliphatic rings. The van der Waals surface area contributed by atoms with Crippen molar-refractivity contribution >= 4 is 39.3 Å². The van der Waals surface area contributed by atoms with Gasteiger partial charge in [-0.25, -0.2) is 17.5 Å². The molecule has 3 aromatic rings. The first-order valence-corrected chi connectivity index (χ1v) is 15.8. The van der Waals surface area contributed by atoms with Gasteiger partial charge in [0.15, 0.2) is 0 Å². The Balaban J connectivity index is 1.45. The van der Waals surface area contributed by atoms with E-state index in [0.717, 1.165) is 24.6 Å². The number of nitrogens with one attached hydrogen (secondary N) is 2. The Morgan fingerprint density at radius 2 is 1.58 bits per heavy atom. The number of rotatable bonds is 8. The number of nitrogens with zero attached hydrogens (tertiary/aromatic N) is 1. The Morgan fingerprint density at radius 1 is 0.953 bits per heavy atom. The maximum absolute atomic E-state index is 13.7. The fourth-order valence-electron chi connectivity index (χ4n) is 5.47. The molecule has 0 aliphatic carbocycles. The van der Waals surface area contributed by atoms with Gasteiger partial charge in [-0.2, -0.15) is 0 Å². The van der Waals surface area contributed by atoms with Crippen LogP contribution in [0.1, 0.15) is 66.3 Å². The third-order valence-electron chi connectivity index (χ3n) is 7.75. The van der Waals surface area contributed by atoms with E-state index in [-0.39, 0.29) is 34.3 Å². The molecule has 3 amide bonds. The molecular formula is C32H35ClFN3O5S. The van der Waals surface area contributed by atoms with Crippen LogP contribution in [-0.2, 0) is 14.8 Å². The molecule has 43 heavy (non-hydrogen) atoms. The van der Waals surface area contributed by atoms with Crippen LogP contribution in [0, 0.1) is 17.2 Å². The highest BCUT2D eigenvalue weighted by molar-refractivity contribution is 7.90. The highest BCUT2D eigenvalue weighted by Crippen LogP contribution is 2.42. The lowest BCUT2D eigenvalue weighted by Gasteiger charge is -2.45. The van der Waals surface area contributed by atoms with Gasteiger partial charge >= 0.3 is 0 Å². The summed E-state index contributed by atoms with van der Waals surface area (Å²) in [6.07, 6.45) is 0.759. The molecule has 11 heteroatoms. The van der Waals surface area contributed by atoms with Gasteiger partial charge in [0.1, 0.15) is 11.9 Å². The summed E-state index contributed by atoms with van der Waals surface area (Å²) in [5.41, 5.74) is 0.936. The van der Waals surface area contributed by atoms with Gasteiger partial charge in [0.25, 0.3) is 21.8 Å². The minimum Gasteiger partial charge on any atom is -0.340 e. The van der Waals surface area contributed by atoms with Crippen molar-refractivity contribution in [3.8, 4) is 0 Å². The molecule has 0 aromatic heterocycles. The predicted octanol–water partition coefficient (Wildman–Crippen LogP) is 5.39. The third kappa shape index (κ3) is 7.61. The molecule has 0 bridgehead atoms. The Kier molecular flexibility index (Phi) is 9.61. The number of likely N-dealkylation sites (tertiary alicyclic amines) is 1. The van der Waals surface area contributed by atoms with Crippen molar-refractivity contribution in [2.24, 2.45) is 11.3 Å². The van der Waals surface area contributed by atoms with Gasteiger partial charge in [-0.3, -0.25) is 14.4 Å². The van der Waals surface area contributed by atoms with Gasteiger partial charge in [0.05, 0.1) is 4.90 Å². The van der Waals surface area contributed by atoms with Crippen LogP contribution in [0.15, 0.2) is 77.7 Å². The van der Waals surface area contributed by atoms with E-state index >= 15 is 0 Å². The Bertz CT molecular complexity index is 1630. The molecule has 2 N–H and O–H groups in total. The van der Waals surface area contributed by atoms with Gasteiger partial charge in [-0.15, -0.1) is 0 Å². The van der Waals surface area contributed by atoms with E-state index in [4.69, 9.17) is 11.6 Å². The minimum absolute atomic E-state index is 0.0797. The van der Waals surface area contributed by atoms with Crippen LogP contribution < -0.4 is 10.0 Å². The fourth-order valence-corrected chi connectivity index (χ4v) is 6.60. The fraction of sp³-hybridized carbons (Fsp3) is 0.344. The largest absolute Gasteiger partial charge is 0.340 e. The third-order valence-corrected chi connectivity index (χ3v) is 9.33. The van der Waals surface area contributed by atoms with Crippen molar-refractivity contribution in [2.45, 2.75) is 51.0 Å². The van der Waals surface area contributed by atoms with Crippen molar-refractivity contribution < 1.29 is 27.2 Å². The van der Waals surface area contributed by atoms with Gasteiger partial charge in [-0.05, 0) is 77.8 Å². The van der Waals surface area contributed by atoms with Crippen LogP contribution in [0.25, 0.3) is 0 Å². The van der Waals surface area contributed by atoms with Crippen LogP contribution in [0.5, 0.6) is 0 Å². The molecule has 4 rings (SSSR count). The van der Waals surface area contributed by atoms with Crippen molar-refractivity contribution in [1.82, 2.24) is 14.9 Å². The standard InChI is InChI=1S/C32H35ClFN3O5S/c1-20(2)28(31(40)37-16-15-27(32(3,4)19-37)21-11-13-24(33)14-12-21)35-29(38)22-7-5-8-23(17-22)30(39)36-43(41,42)26-10-6-9-25(34)18-26/h5-14,17-18,20,27-28H,15-16,19H2,1-4H3,(H,35,38)(H,36,39)/t27-,28-/m1/s1. The number of carbonyl (C=O) groups excluding carboxylic acids is 3. The van der Waals surface area contributed by atoms with Gasteiger partial charge in [0, 0.05) is 29.2 Å². The summed E-state index contributed by atoms with van der Waals surface area (Å²) in [7, 11) is -4.35. The summed E-state index contributed by atoms with van der Waals surface area (Å²) in [6, 6.07) is 16.7. The SMILES string of the molecule is CC(C)[C@@H](NC(=O)c1cccc(C(=O)NS(=O)(=O)c2cccc(F)c2)c1)C(=O)N1CC[C@H](c2ccc(Cl)cc2)C(C)(C)C1. The Hall–Kier alpha value is -3.76. The summed E-state index contributed by atoms with van der Waals surface area (Å²) in [5.74, 6) is -2.51. The molecule has 1 heterocycles. The smallest absolute Gasteiger partial charge is 0.265 e. The number of hydrogen-bond acceptors (Lipinski definition) is 5. The van der Waals surface area contributed by atoms with Crippen molar-refractivity contribution in [3.05, 3.63) is 100 Å². The number of carbonyl (C=O) groups is 3. The van der Waals surface area contributed by atoms with E-state index in [1.165, 1.54) is 35.9 Å². The summed E-state index contributed by atoms with van der Waals surface area (Å²) < 4.78 is 40.6. The van der Waals surface area contributed by atoms with Crippen molar-refractivity contribution in [2.75, 3.05) is 13.1 Å². The first-order chi connectivity index (χ1) is 20.2. The lowest BCUT2D eigenvalue weighted by atomic mass is 9.70. The number of piperidine rings is 1. The molecule has 1 saturated heterocycles. The molecule has 0 saturated carbocycles. The zero-order valence-electron chi connectivity index (χ0n) is 24.4. The van der Waals surface area contributed by atoms with Crippen LogP contribution in [-0.4, -0.2) is 50.2 Å². The van der Waals surface area contributed by atoms with E-state index < -0.39 is 38.6 Å². The first-order valence-electron chi connectivity index (χ1n) is 14.0. The second-order valence-electron chi connectivity index (χ2n) is 11.8. The van der Waals surface area contributed by atoms with Crippen LogP contribution in [0.3, 0.4) is 0 Å². The average Bonchev–Trinajstić information content (AvgIpc) is 2.95. The molecule has 0 spiro atoms. The maximum atomic E-state index is 13.7. The average molecular weight is 628 g/mol. The summed E-state index contributed by atoms with van der Waals surface area (Å²) in [6.45, 7) is 8.97. The summed E-state index contributed by atoms with van der Waals surface area (Å²) in [5, 5.41) is 3.49. The number of benzene rings is 3. The summed E-state index contributed by atoms with van der Waals surface area (Å²) in [4.78, 5) is 41.1. The molecule has 0 radical (unpaired) electrons. The topological polar surface area (TPSA) is 113 Å². The van der Waals surface area contributed by atoms with Gasteiger partial charge in [-0.1, -0.05) is 63.6 Å². The van der Waals surface area contributed by atoms with Crippen LogP contribution >= 0.6 is 11.6 Å².